The first-order valence-corrected chi connectivity index (χ1v) is 7.56. The van der Waals surface area contributed by atoms with Crippen molar-refractivity contribution in [3.05, 3.63) is 59.3 Å². The van der Waals surface area contributed by atoms with Gasteiger partial charge >= 0.3 is 0 Å². The first-order chi connectivity index (χ1) is 10.3. The number of nitrogens with zero attached hydrogens (tertiary/aromatic N) is 2. The van der Waals surface area contributed by atoms with E-state index in [1.165, 1.54) is 29.5 Å². The van der Waals surface area contributed by atoms with Gasteiger partial charge in [-0.05, 0) is 43.0 Å². The van der Waals surface area contributed by atoms with E-state index < -0.39 is 0 Å². The third kappa shape index (κ3) is 3.08. The van der Waals surface area contributed by atoms with Crippen LogP contribution in [-0.2, 0) is 6.54 Å². The van der Waals surface area contributed by atoms with Crippen LogP contribution in [0.1, 0.15) is 35.6 Å². The van der Waals surface area contributed by atoms with Gasteiger partial charge in [-0.1, -0.05) is 30.3 Å². The third-order valence-electron chi connectivity index (χ3n) is 4.29. The molecule has 1 fully saturated rings. The molecule has 3 nitrogen and oxygen atoms in total. The number of hydrogen-bond acceptors (Lipinski definition) is 3. The molecule has 0 saturated carbocycles. The second-order valence-corrected chi connectivity index (χ2v) is 5.70. The molecule has 0 bridgehead atoms. The molecule has 1 aliphatic rings. The summed E-state index contributed by atoms with van der Waals surface area (Å²) in [4.78, 5) is 6.96. The van der Waals surface area contributed by atoms with Gasteiger partial charge in [0.1, 0.15) is 0 Å². The highest BCUT2D eigenvalue weighted by Gasteiger charge is 2.27. The zero-order valence-corrected chi connectivity index (χ0v) is 12.7. The van der Waals surface area contributed by atoms with Gasteiger partial charge in [-0.25, -0.2) is 4.98 Å². The van der Waals surface area contributed by atoms with Gasteiger partial charge in [-0.2, -0.15) is 0 Å². The highest BCUT2D eigenvalue weighted by Crippen LogP contribution is 2.35. The number of benzene rings is 1. The Kier molecular flexibility index (Phi) is 4.20. The molecule has 1 aromatic heterocycles. The fourth-order valence-electron chi connectivity index (χ4n) is 3.19. The van der Waals surface area contributed by atoms with E-state index in [0.717, 1.165) is 13.1 Å². The summed E-state index contributed by atoms with van der Waals surface area (Å²) < 4.78 is 5.21. The van der Waals surface area contributed by atoms with Gasteiger partial charge in [0.25, 0.3) is 0 Å². The third-order valence-corrected chi connectivity index (χ3v) is 4.29. The van der Waals surface area contributed by atoms with E-state index in [-0.39, 0.29) is 0 Å². The lowest BCUT2D eigenvalue weighted by atomic mass is 10.0. The maximum Gasteiger partial charge on any atom is 0.213 e. The van der Waals surface area contributed by atoms with E-state index in [1.54, 1.807) is 7.11 Å². The zero-order valence-electron chi connectivity index (χ0n) is 12.7. The number of aromatic nitrogens is 1. The molecule has 3 heteroatoms. The lowest BCUT2D eigenvalue weighted by molar-refractivity contribution is 0.247. The molecule has 0 aliphatic carbocycles. The van der Waals surface area contributed by atoms with Crippen LogP contribution in [0, 0.1) is 6.92 Å². The number of rotatable bonds is 4. The maximum absolute atomic E-state index is 5.21. The van der Waals surface area contributed by atoms with Gasteiger partial charge in [0, 0.05) is 24.8 Å². The van der Waals surface area contributed by atoms with Crippen LogP contribution in [0.25, 0.3) is 0 Å². The van der Waals surface area contributed by atoms with E-state index in [2.05, 4.69) is 47.1 Å². The molecule has 1 unspecified atom stereocenters. The minimum atomic E-state index is 0.476. The van der Waals surface area contributed by atoms with Gasteiger partial charge in [-0.3, -0.25) is 4.90 Å². The predicted molar refractivity (Wildman–Crippen MR) is 84.4 cm³/mol. The van der Waals surface area contributed by atoms with Crippen LogP contribution in [0.4, 0.5) is 0 Å². The average Bonchev–Trinajstić information content (AvgIpc) is 2.96. The van der Waals surface area contributed by atoms with Crippen LogP contribution >= 0.6 is 0 Å². The first-order valence-electron chi connectivity index (χ1n) is 7.56. The Morgan fingerprint density at radius 2 is 2.10 bits per heavy atom. The van der Waals surface area contributed by atoms with E-state index in [1.807, 2.05) is 12.3 Å². The molecule has 0 spiro atoms. The Morgan fingerprint density at radius 3 is 2.81 bits per heavy atom. The number of likely N-dealkylation sites (tertiary alicyclic amines) is 1. The predicted octanol–water partition coefficient (Wildman–Crippen LogP) is 3.74. The Hall–Kier alpha value is -1.87. The van der Waals surface area contributed by atoms with Crippen LogP contribution in [0.5, 0.6) is 5.88 Å². The van der Waals surface area contributed by atoms with Crippen molar-refractivity contribution in [3.63, 3.8) is 0 Å². The number of methoxy groups -OCH3 is 1. The van der Waals surface area contributed by atoms with Crippen molar-refractivity contribution >= 4 is 0 Å². The van der Waals surface area contributed by atoms with Crippen LogP contribution in [0.2, 0.25) is 0 Å². The van der Waals surface area contributed by atoms with Crippen LogP contribution < -0.4 is 4.74 Å². The van der Waals surface area contributed by atoms with Crippen molar-refractivity contribution < 1.29 is 4.74 Å². The normalized spacial score (nSPS) is 18.9. The number of hydrogen-bond donors (Lipinski definition) is 0. The summed E-state index contributed by atoms with van der Waals surface area (Å²) in [7, 11) is 1.67. The quantitative estimate of drug-likeness (QED) is 0.854. The fourth-order valence-corrected chi connectivity index (χ4v) is 3.19. The second kappa shape index (κ2) is 6.27. The smallest absolute Gasteiger partial charge is 0.213 e. The lowest BCUT2D eigenvalue weighted by Crippen LogP contribution is -2.23. The molecule has 2 heterocycles. The van der Waals surface area contributed by atoms with E-state index in [4.69, 9.17) is 4.74 Å². The van der Waals surface area contributed by atoms with Crippen molar-refractivity contribution in [2.75, 3.05) is 13.7 Å². The van der Waals surface area contributed by atoms with Crippen molar-refractivity contribution in [1.29, 1.82) is 0 Å². The molecule has 1 aromatic carbocycles. The van der Waals surface area contributed by atoms with Gasteiger partial charge in [0.05, 0.1) is 7.11 Å². The highest BCUT2D eigenvalue weighted by molar-refractivity contribution is 5.31. The highest BCUT2D eigenvalue weighted by atomic mass is 16.5. The van der Waals surface area contributed by atoms with Gasteiger partial charge in [0.15, 0.2) is 0 Å². The molecule has 0 radical (unpaired) electrons. The van der Waals surface area contributed by atoms with Crippen molar-refractivity contribution in [1.82, 2.24) is 9.88 Å². The largest absolute Gasteiger partial charge is 0.481 e. The van der Waals surface area contributed by atoms with Crippen LogP contribution in [0.3, 0.4) is 0 Å². The summed E-state index contributed by atoms with van der Waals surface area (Å²) in [6.45, 7) is 4.32. The molecule has 3 rings (SSSR count). The standard InChI is InChI=1S/C18H22N2O/c1-14-11-18(21-2)19-12-16(14)17-9-6-10-20(17)13-15-7-4-3-5-8-15/h3-5,7-8,11-12,17H,6,9-10,13H2,1-2H3. The molecule has 21 heavy (non-hydrogen) atoms. The van der Waals surface area contributed by atoms with E-state index in [9.17, 15) is 0 Å². The van der Waals surface area contributed by atoms with E-state index in [0.29, 0.717) is 11.9 Å². The summed E-state index contributed by atoms with van der Waals surface area (Å²) in [6, 6.07) is 13.2. The molecular formula is C18H22N2O. The summed E-state index contributed by atoms with van der Waals surface area (Å²) in [5.41, 5.74) is 3.99. The Labute approximate surface area is 126 Å². The molecule has 1 atom stereocenters. The average molecular weight is 282 g/mol. The van der Waals surface area contributed by atoms with Crippen LogP contribution in [-0.4, -0.2) is 23.5 Å². The summed E-state index contributed by atoms with van der Waals surface area (Å²) in [5.74, 6) is 0.698. The van der Waals surface area contributed by atoms with Crippen molar-refractivity contribution in [2.24, 2.45) is 0 Å². The van der Waals surface area contributed by atoms with E-state index >= 15 is 0 Å². The Balaban J connectivity index is 1.80. The summed E-state index contributed by atoms with van der Waals surface area (Å²) >= 11 is 0. The zero-order chi connectivity index (χ0) is 14.7. The van der Waals surface area contributed by atoms with Gasteiger partial charge < -0.3 is 4.74 Å². The first kappa shape index (κ1) is 14.1. The monoisotopic (exact) mass is 282 g/mol. The number of aryl methyl sites for hydroxylation is 1. The lowest BCUT2D eigenvalue weighted by Gasteiger charge is -2.26. The second-order valence-electron chi connectivity index (χ2n) is 5.70. The molecule has 0 N–H and O–H groups in total. The Bertz CT molecular complexity index is 597. The molecular weight excluding hydrogens is 260 g/mol. The SMILES string of the molecule is COc1cc(C)c(C2CCCN2Cc2ccccc2)cn1. The maximum atomic E-state index is 5.21. The molecule has 110 valence electrons. The minimum Gasteiger partial charge on any atom is -0.481 e. The van der Waals surface area contributed by atoms with Crippen molar-refractivity contribution in [3.8, 4) is 5.88 Å². The fraction of sp³-hybridized carbons (Fsp3) is 0.389. The molecule has 1 saturated heterocycles. The minimum absolute atomic E-state index is 0.476. The summed E-state index contributed by atoms with van der Waals surface area (Å²) in [6.07, 6.45) is 4.45. The topological polar surface area (TPSA) is 25.4 Å². The molecule has 1 aliphatic heterocycles. The van der Waals surface area contributed by atoms with Gasteiger partial charge in [0.2, 0.25) is 5.88 Å². The number of pyridine rings is 1. The van der Waals surface area contributed by atoms with Crippen molar-refractivity contribution in [2.45, 2.75) is 32.4 Å². The van der Waals surface area contributed by atoms with Gasteiger partial charge in [-0.15, -0.1) is 0 Å². The molecule has 0 amide bonds. The molecule has 2 aromatic rings. The summed E-state index contributed by atoms with van der Waals surface area (Å²) in [5, 5.41) is 0. The number of ether oxygens (including phenoxy) is 1. The van der Waals surface area contributed by atoms with Crippen LogP contribution in [0.15, 0.2) is 42.6 Å². The Morgan fingerprint density at radius 1 is 1.29 bits per heavy atom.